The fourth-order valence-corrected chi connectivity index (χ4v) is 4.90. The van der Waals surface area contributed by atoms with Crippen LogP contribution in [0.2, 0.25) is 0 Å². The van der Waals surface area contributed by atoms with Crippen molar-refractivity contribution in [2.75, 3.05) is 26.3 Å². The maximum atomic E-state index is 12.8. The van der Waals surface area contributed by atoms with Crippen molar-refractivity contribution in [1.29, 1.82) is 0 Å². The van der Waals surface area contributed by atoms with Crippen LogP contribution in [0.15, 0.2) is 12.4 Å². The number of ether oxygens (including phenoxy) is 1. The van der Waals surface area contributed by atoms with Gasteiger partial charge in [0, 0.05) is 64.5 Å². The number of rotatable bonds is 6. The molecule has 1 aromatic rings. The first-order chi connectivity index (χ1) is 13.2. The fourth-order valence-electron chi connectivity index (χ4n) is 4.90. The van der Waals surface area contributed by atoms with Gasteiger partial charge >= 0.3 is 0 Å². The molecule has 148 valence electrons. The number of fused-ring (bicyclic) bond motifs is 1. The van der Waals surface area contributed by atoms with Crippen LogP contribution in [0, 0.1) is 5.92 Å². The minimum Gasteiger partial charge on any atom is -0.381 e. The van der Waals surface area contributed by atoms with Gasteiger partial charge in [-0.05, 0) is 25.2 Å². The van der Waals surface area contributed by atoms with Gasteiger partial charge in [-0.2, -0.15) is 0 Å². The number of imidazole rings is 1. The van der Waals surface area contributed by atoms with Crippen molar-refractivity contribution in [3.63, 3.8) is 0 Å². The van der Waals surface area contributed by atoms with Crippen LogP contribution in [0.5, 0.6) is 0 Å². The number of nitrogens with zero attached hydrogens (tertiary/aromatic N) is 4. The lowest BCUT2D eigenvalue weighted by molar-refractivity contribution is -0.132. The highest BCUT2D eigenvalue weighted by Gasteiger charge is 2.48. The van der Waals surface area contributed by atoms with E-state index in [2.05, 4.69) is 21.4 Å². The Morgan fingerprint density at radius 3 is 2.85 bits per heavy atom. The van der Waals surface area contributed by atoms with E-state index in [1.165, 1.54) is 0 Å². The molecular weight excluding hydrogens is 344 g/mol. The number of amides is 2. The van der Waals surface area contributed by atoms with Crippen molar-refractivity contribution in [2.24, 2.45) is 5.92 Å². The summed E-state index contributed by atoms with van der Waals surface area (Å²) in [5.74, 6) is 1.94. The Morgan fingerprint density at radius 1 is 1.26 bits per heavy atom. The molecule has 27 heavy (non-hydrogen) atoms. The topological polar surface area (TPSA) is 67.7 Å². The third-order valence-electron chi connectivity index (χ3n) is 6.42. The van der Waals surface area contributed by atoms with E-state index in [1.54, 1.807) is 6.20 Å². The van der Waals surface area contributed by atoms with Crippen LogP contribution < -0.4 is 0 Å². The second-order valence-electron chi connectivity index (χ2n) is 7.96. The van der Waals surface area contributed by atoms with Gasteiger partial charge in [0.15, 0.2) is 0 Å². The number of carbonyl (C=O) groups excluding carboxylic acids is 2. The summed E-state index contributed by atoms with van der Waals surface area (Å²) in [6.45, 7) is 5.95. The zero-order valence-electron chi connectivity index (χ0n) is 16.2. The van der Waals surface area contributed by atoms with E-state index in [1.807, 2.05) is 11.1 Å². The van der Waals surface area contributed by atoms with Crippen LogP contribution in [-0.2, 0) is 27.3 Å². The van der Waals surface area contributed by atoms with Gasteiger partial charge < -0.3 is 19.1 Å². The summed E-state index contributed by atoms with van der Waals surface area (Å²) >= 11 is 0. The Labute approximate surface area is 160 Å². The average molecular weight is 374 g/mol. The van der Waals surface area contributed by atoms with E-state index >= 15 is 0 Å². The summed E-state index contributed by atoms with van der Waals surface area (Å²) in [7, 11) is 0. The monoisotopic (exact) mass is 374 g/mol. The Hall–Kier alpha value is -1.89. The molecule has 7 nitrogen and oxygen atoms in total. The van der Waals surface area contributed by atoms with Crippen LogP contribution >= 0.6 is 0 Å². The van der Waals surface area contributed by atoms with Gasteiger partial charge in [-0.3, -0.25) is 9.59 Å². The Morgan fingerprint density at radius 2 is 2.07 bits per heavy atom. The molecule has 0 saturated carbocycles. The van der Waals surface area contributed by atoms with Crippen LogP contribution in [0.25, 0.3) is 0 Å². The van der Waals surface area contributed by atoms with Crippen LogP contribution in [-0.4, -0.2) is 69.6 Å². The molecule has 0 N–H and O–H groups in total. The van der Waals surface area contributed by atoms with Crippen LogP contribution in [0.1, 0.15) is 44.9 Å². The molecular formula is C20H30N4O3. The lowest BCUT2D eigenvalue weighted by atomic mass is 9.99. The molecule has 4 rings (SSSR count). The molecule has 4 heterocycles. The summed E-state index contributed by atoms with van der Waals surface area (Å²) in [6, 6.07) is 0.280. The summed E-state index contributed by atoms with van der Waals surface area (Å²) in [6.07, 6.45) is 8.54. The van der Waals surface area contributed by atoms with Gasteiger partial charge in [0.25, 0.3) is 0 Å². The Balaban J connectivity index is 1.34. The highest BCUT2D eigenvalue weighted by molar-refractivity contribution is 5.83. The molecule has 0 spiro atoms. The molecule has 0 unspecified atom stereocenters. The first-order valence-electron chi connectivity index (χ1n) is 10.3. The van der Waals surface area contributed by atoms with E-state index in [9.17, 15) is 9.59 Å². The highest BCUT2D eigenvalue weighted by atomic mass is 16.5. The molecule has 0 radical (unpaired) electrons. The molecule has 3 aliphatic heterocycles. The summed E-state index contributed by atoms with van der Waals surface area (Å²) < 4.78 is 7.50. The molecule has 0 aromatic carbocycles. The number of aryl methyl sites for hydroxylation is 2. The third-order valence-corrected chi connectivity index (χ3v) is 6.42. The first-order valence-corrected chi connectivity index (χ1v) is 10.3. The van der Waals surface area contributed by atoms with Crippen molar-refractivity contribution in [3.8, 4) is 0 Å². The van der Waals surface area contributed by atoms with Crippen molar-refractivity contribution in [2.45, 2.75) is 64.1 Å². The average Bonchev–Trinajstić information content (AvgIpc) is 3.37. The number of carbonyl (C=O) groups is 2. The smallest absolute Gasteiger partial charge is 0.225 e. The number of likely N-dealkylation sites (tertiary alicyclic amines) is 2. The minimum atomic E-state index is 0.0678. The van der Waals surface area contributed by atoms with Crippen molar-refractivity contribution >= 4 is 11.8 Å². The molecule has 7 heteroatoms. The van der Waals surface area contributed by atoms with Gasteiger partial charge in [-0.25, -0.2) is 4.98 Å². The normalized spacial score (nSPS) is 26.0. The molecule has 1 aromatic heterocycles. The highest BCUT2D eigenvalue weighted by Crippen LogP contribution is 2.34. The van der Waals surface area contributed by atoms with E-state index in [-0.39, 0.29) is 23.9 Å². The van der Waals surface area contributed by atoms with Crippen LogP contribution in [0.3, 0.4) is 0 Å². The molecule has 3 fully saturated rings. The molecule has 3 saturated heterocycles. The van der Waals surface area contributed by atoms with Gasteiger partial charge in [-0.1, -0.05) is 6.92 Å². The summed E-state index contributed by atoms with van der Waals surface area (Å²) in [5, 5.41) is 0. The number of hydrogen-bond donors (Lipinski definition) is 0. The van der Waals surface area contributed by atoms with E-state index < -0.39 is 0 Å². The largest absolute Gasteiger partial charge is 0.381 e. The van der Waals surface area contributed by atoms with E-state index in [0.29, 0.717) is 25.3 Å². The van der Waals surface area contributed by atoms with Gasteiger partial charge in [0.2, 0.25) is 11.8 Å². The van der Waals surface area contributed by atoms with Gasteiger partial charge in [0.05, 0.1) is 12.1 Å². The zero-order chi connectivity index (χ0) is 18.8. The fraction of sp³-hybridized carbons (Fsp3) is 0.750. The minimum absolute atomic E-state index is 0.0678. The SMILES string of the molecule is CCc1nccn1CCC(=O)N1CC[C@H]2[C@@H]1CC(=O)N2CC1CCOCC1. The summed E-state index contributed by atoms with van der Waals surface area (Å²) in [5.41, 5.74) is 0. The van der Waals surface area contributed by atoms with E-state index in [4.69, 9.17) is 4.74 Å². The maximum absolute atomic E-state index is 12.8. The molecule has 0 bridgehead atoms. The second kappa shape index (κ2) is 8.00. The molecule has 2 amide bonds. The second-order valence-corrected chi connectivity index (χ2v) is 7.96. The molecule has 3 aliphatic rings. The lowest BCUT2D eigenvalue weighted by Crippen LogP contribution is -2.42. The Kier molecular flexibility index (Phi) is 5.48. The standard InChI is InChI=1S/C20H30N4O3/c1-2-18-21-7-10-22(18)8-4-19(25)23-9-3-16-17(23)13-20(26)24(16)14-15-5-11-27-12-6-15/h7,10,15-17H,2-6,8-9,11-14H2,1H3/t16-,17-/m0/s1. The zero-order valence-corrected chi connectivity index (χ0v) is 16.2. The van der Waals surface area contributed by atoms with Gasteiger partial charge in [0.1, 0.15) is 5.82 Å². The molecule has 0 aliphatic carbocycles. The van der Waals surface area contributed by atoms with Crippen molar-refractivity contribution < 1.29 is 14.3 Å². The number of aromatic nitrogens is 2. The predicted octanol–water partition coefficient (Wildman–Crippen LogP) is 1.46. The Bertz CT molecular complexity index is 683. The maximum Gasteiger partial charge on any atom is 0.225 e. The van der Waals surface area contributed by atoms with Crippen molar-refractivity contribution in [3.05, 3.63) is 18.2 Å². The predicted molar refractivity (Wildman–Crippen MR) is 100 cm³/mol. The number of hydrogen-bond acceptors (Lipinski definition) is 4. The molecule has 2 atom stereocenters. The summed E-state index contributed by atoms with van der Waals surface area (Å²) in [4.78, 5) is 33.8. The quantitative estimate of drug-likeness (QED) is 0.756. The lowest BCUT2D eigenvalue weighted by Gasteiger charge is -2.30. The van der Waals surface area contributed by atoms with Crippen molar-refractivity contribution in [1.82, 2.24) is 19.4 Å². The first kappa shape index (κ1) is 18.5. The third kappa shape index (κ3) is 3.74. The van der Waals surface area contributed by atoms with Gasteiger partial charge in [-0.15, -0.1) is 0 Å². The van der Waals surface area contributed by atoms with E-state index in [0.717, 1.165) is 57.8 Å². The van der Waals surface area contributed by atoms with Crippen LogP contribution in [0.4, 0.5) is 0 Å².